The molecule has 9 heteroatoms. The lowest BCUT2D eigenvalue weighted by molar-refractivity contribution is -0.384. The van der Waals surface area contributed by atoms with Gasteiger partial charge >= 0.3 is 0 Å². The maximum absolute atomic E-state index is 12.4. The lowest BCUT2D eigenvalue weighted by Gasteiger charge is -2.00. The Morgan fingerprint density at radius 2 is 1.93 bits per heavy atom. The highest BCUT2D eigenvalue weighted by molar-refractivity contribution is 6.32. The molecule has 0 fully saturated rings. The van der Waals surface area contributed by atoms with Gasteiger partial charge in [0.2, 0.25) is 0 Å². The molecule has 4 rings (SSSR count). The summed E-state index contributed by atoms with van der Waals surface area (Å²) in [6.45, 7) is 0. The van der Waals surface area contributed by atoms with Gasteiger partial charge < -0.3 is 4.98 Å². The molecule has 30 heavy (non-hydrogen) atoms. The van der Waals surface area contributed by atoms with Gasteiger partial charge in [0.05, 0.1) is 22.2 Å². The summed E-state index contributed by atoms with van der Waals surface area (Å²) in [4.78, 5) is 30.5. The Kier molecular flexibility index (Phi) is 5.23. The van der Waals surface area contributed by atoms with E-state index in [4.69, 9.17) is 11.6 Å². The molecule has 1 amide bonds. The molecule has 0 aliphatic carbocycles. The molecule has 0 radical (unpaired) electrons. The van der Waals surface area contributed by atoms with Crippen molar-refractivity contribution in [1.29, 1.82) is 0 Å². The maximum Gasteiger partial charge on any atom is 0.288 e. The van der Waals surface area contributed by atoms with Gasteiger partial charge in [0.1, 0.15) is 10.8 Å². The highest BCUT2D eigenvalue weighted by Crippen LogP contribution is 2.24. The Labute approximate surface area is 175 Å². The minimum atomic E-state index is -0.582. The number of benzene rings is 3. The van der Waals surface area contributed by atoms with Crippen molar-refractivity contribution in [2.24, 2.45) is 5.10 Å². The molecule has 3 aromatic carbocycles. The molecule has 0 aliphatic rings. The van der Waals surface area contributed by atoms with Crippen molar-refractivity contribution < 1.29 is 9.72 Å². The number of nitro groups is 1. The summed E-state index contributed by atoms with van der Waals surface area (Å²) in [5, 5.41) is 14.8. The van der Waals surface area contributed by atoms with Crippen LogP contribution in [-0.4, -0.2) is 27.0 Å². The van der Waals surface area contributed by atoms with Gasteiger partial charge in [-0.05, 0) is 24.3 Å². The van der Waals surface area contributed by atoms with Crippen LogP contribution in [0.25, 0.3) is 22.4 Å². The van der Waals surface area contributed by atoms with Crippen LogP contribution in [0.2, 0.25) is 5.02 Å². The van der Waals surface area contributed by atoms with Crippen molar-refractivity contribution in [2.75, 3.05) is 0 Å². The van der Waals surface area contributed by atoms with Gasteiger partial charge in [0.15, 0.2) is 0 Å². The van der Waals surface area contributed by atoms with Crippen LogP contribution in [0, 0.1) is 10.1 Å². The van der Waals surface area contributed by atoms with Gasteiger partial charge in [-0.1, -0.05) is 48.0 Å². The number of nitrogens with zero attached hydrogens (tertiary/aromatic N) is 3. The highest BCUT2D eigenvalue weighted by atomic mass is 35.5. The summed E-state index contributed by atoms with van der Waals surface area (Å²) < 4.78 is 0. The van der Waals surface area contributed by atoms with Gasteiger partial charge in [-0.25, -0.2) is 10.4 Å². The molecule has 0 unspecified atom stereocenters. The van der Waals surface area contributed by atoms with Crippen molar-refractivity contribution in [1.82, 2.24) is 15.4 Å². The molecule has 2 N–H and O–H groups in total. The first-order valence-corrected chi connectivity index (χ1v) is 9.21. The lowest BCUT2D eigenvalue weighted by Crippen LogP contribution is -2.17. The summed E-state index contributed by atoms with van der Waals surface area (Å²) in [5.41, 5.74) is 5.41. The van der Waals surface area contributed by atoms with Crippen molar-refractivity contribution >= 4 is 40.4 Å². The fourth-order valence-electron chi connectivity index (χ4n) is 2.86. The number of nitro benzene ring substituents is 1. The van der Waals surface area contributed by atoms with Crippen LogP contribution in [0.15, 0.2) is 71.8 Å². The number of halogens is 1. The second-order valence-electron chi connectivity index (χ2n) is 6.35. The largest absolute Gasteiger partial charge is 0.338 e. The van der Waals surface area contributed by atoms with E-state index in [-0.39, 0.29) is 10.7 Å². The zero-order valence-corrected chi connectivity index (χ0v) is 16.1. The van der Waals surface area contributed by atoms with Crippen molar-refractivity contribution in [3.8, 4) is 11.4 Å². The Morgan fingerprint density at radius 3 is 2.70 bits per heavy atom. The van der Waals surface area contributed by atoms with Crippen molar-refractivity contribution in [3.05, 3.63) is 93.0 Å². The molecule has 8 nitrogen and oxygen atoms in total. The molecule has 1 aromatic heterocycles. The Bertz CT molecular complexity index is 1280. The monoisotopic (exact) mass is 419 g/mol. The van der Waals surface area contributed by atoms with E-state index in [2.05, 4.69) is 20.5 Å². The normalized spacial score (nSPS) is 11.1. The number of hydrogen-bond donors (Lipinski definition) is 2. The van der Waals surface area contributed by atoms with E-state index in [9.17, 15) is 14.9 Å². The number of hydrazone groups is 1. The van der Waals surface area contributed by atoms with Crippen molar-refractivity contribution in [3.63, 3.8) is 0 Å². The summed E-state index contributed by atoms with van der Waals surface area (Å²) in [5.74, 6) is 0.290. The first-order chi connectivity index (χ1) is 14.5. The van der Waals surface area contributed by atoms with Gasteiger partial charge in [-0.3, -0.25) is 14.9 Å². The molecule has 1 heterocycles. The average molecular weight is 420 g/mol. The van der Waals surface area contributed by atoms with Gasteiger partial charge in [-0.2, -0.15) is 5.10 Å². The SMILES string of the molecule is O=C(N/N=C/c1ccc(Cl)c([N+](=O)[O-])c1)c1ccc2nc(-c3ccccc3)[nH]c2c1. The molecule has 0 aliphatic heterocycles. The molecular formula is C21H14ClN5O3. The third kappa shape index (κ3) is 4.03. The summed E-state index contributed by atoms with van der Waals surface area (Å²) in [6.07, 6.45) is 1.31. The fraction of sp³-hybridized carbons (Fsp3) is 0. The Hall–Kier alpha value is -4.04. The van der Waals surface area contributed by atoms with Crippen LogP contribution in [0.1, 0.15) is 15.9 Å². The third-order valence-corrected chi connectivity index (χ3v) is 4.66. The molecular weight excluding hydrogens is 406 g/mol. The van der Waals surface area contributed by atoms with E-state index in [1.807, 2.05) is 30.3 Å². The predicted octanol–water partition coefficient (Wildman–Crippen LogP) is 4.56. The first-order valence-electron chi connectivity index (χ1n) is 8.84. The number of hydrogen-bond acceptors (Lipinski definition) is 5. The van der Waals surface area contributed by atoms with E-state index in [0.717, 1.165) is 16.6 Å². The standard InChI is InChI=1S/C21H14ClN5O3/c22-16-8-6-13(10-19(16)27(29)30)12-23-26-21(28)15-7-9-17-18(11-15)25-20(24-17)14-4-2-1-3-5-14/h1-12H,(H,24,25)(H,26,28)/b23-12+. The third-order valence-electron chi connectivity index (χ3n) is 4.34. The molecule has 0 bridgehead atoms. The van der Waals surface area contributed by atoms with Crippen LogP contribution in [0.3, 0.4) is 0 Å². The van der Waals surface area contributed by atoms with E-state index >= 15 is 0 Å². The Balaban J connectivity index is 1.50. The zero-order chi connectivity index (χ0) is 21.1. The topological polar surface area (TPSA) is 113 Å². The zero-order valence-electron chi connectivity index (χ0n) is 15.4. The number of aromatic amines is 1. The number of rotatable bonds is 5. The summed E-state index contributed by atoms with van der Waals surface area (Å²) >= 11 is 5.78. The van der Waals surface area contributed by atoms with Gasteiger partial charge in [-0.15, -0.1) is 0 Å². The highest BCUT2D eigenvalue weighted by Gasteiger charge is 2.12. The molecule has 148 valence electrons. The molecule has 0 saturated carbocycles. The quantitative estimate of drug-likeness (QED) is 0.280. The van der Waals surface area contributed by atoms with Gasteiger partial charge in [0.25, 0.3) is 11.6 Å². The van der Waals surface area contributed by atoms with Crippen LogP contribution in [0.5, 0.6) is 0 Å². The maximum atomic E-state index is 12.4. The molecule has 0 saturated heterocycles. The average Bonchev–Trinajstić information content (AvgIpc) is 3.18. The number of amides is 1. The number of aromatic nitrogens is 2. The number of imidazole rings is 1. The predicted molar refractivity (Wildman–Crippen MR) is 115 cm³/mol. The minimum absolute atomic E-state index is 0.0314. The first kappa shape index (κ1) is 19.3. The molecule has 4 aromatic rings. The molecule has 0 spiro atoms. The van der Waals surface area contributed by atoms with Crippen LogP contribution >= 0.6 is 11.6 Å². The van der Waals surface area contributed by atoms with Crippen LogP contribution in [0.4, 0.5) is 5.69 Å². The van der Waals surface area contributed by atoms with Gasteiger partial charge in [0, 0.05) is 22.8 Å². The van der Waals surface area contributed by atoms with E-state index in [1.54, 1.807) is 24.3 Å². The van der Waals surface area contributed by atoms with E-state index in [0.29, 0.717) is 17.0 Å². The number of H-pyrrole nitrogens is 1. The van der Waals surface area contributed by atoms with Crippen LogP contribution in [-0.2, 0) is 0 Å². The van der Waals surface area contributed by atoms with Crippen molar-refractivity contribution in [2.45, 2.75) is 0 Å². The number of nitrogens with one attached hydrogen (secondary N) is 2. The lowest BCUT2D eigenvalue weighted by atomic mass is 10.2. The summed E-state index contributed by atoms with van der Waals surface area (Å²) in [7, 11) is 0. The Morgan fingerprint density at radius 1 is 1.13 bits per heavy atom. The van der Waals surface area contributed by atoms with E-state index in [1.165, 1.54) is 18.3 Å². The number of carbonyl (C=O) groups excluding carboxylic acids is 1. The fourth-order valence-corrected chi connectivity index (χ4v) is 3.05. The second-order valence-corrected chi connectivity index (χ2v) is 6.76. The van der Waals surface area contributed by atoms with E-state index < -0.39 is 10.8 Å². The summed E-state index contributed by atoms with van der Waals surface area (Å²) in [6, 6.07) is 19.0. The minimum Gasteiger partial charge on any atom is -0.338 e. The second kappa shape index (κ2) is 8.14. The molecule has 0 atom stereocenters. The smallest absolute Gasteiger partial charge is 0.288 e. The van der Waals surface area contributed by atoms with Crippen LogP contribution < -0.4 is 5.43 Å². The number of fused-ring (bicyclic) bond motifs is 1. The number of carbonyl (C=O) groups is 1.